The number of piperazine rings is 1. The molecule has 0 bridgehead atoms. The topological polar surface area (TPSA) is 69.8 Å². The molecule has 1 heterocycles. The van der Waals surface area contributed by atoms with Crippen LogP contribution in [0.1, 0.15) is 26.7 Å². The molecule has 0 aromatic rings. The lowest BCUT2D eigenvalue weighted by Crippen LogP contribution is -2.52. The van der Waals surface area contributed by atoms with Gasteiger partial charge in [0.2, 0.25) is 5.91 Å². The van der Waals surface area contributed by atoms with Crippen molar-refractivity contribution in [1.82, 2.24) is 9.80 Å². The summed E-state index contributed by atoms with van der Waals surface area (Å²) in [6, 6.07) is 0. The minimum atomic E-state index is -0.661. The van der Waals surface area contributed by atoms with Crippen molar-refractivity contribution in [2.24, 2.45) is 5.73 Å². The fourth-order valence-electron chi connectivity index (χ4n) is 2.11. The van der Waals surface area contributed by atoms with Gasteiger partial charge in [-0.25, -0.2) is 0 Å². The Balaban J connectivity index is 2.28. The van der Waals surface area contributed by atoms with Crippen molar-refractivity contribution >= 4 is 5.91 Å². The van der Waals surface area contributed by atoms with E-state index in [1.165, 1.54) is 0 Å². The monoisotopic (exact) mass is 243 g/mol. The second-order valence-corrected chi connectivity index (χ2v) is 5.36. The molecule has 0 radical (unpaired) electrons. The predicted octanol–water partition coefficient (Wildman–Crippen LogP) is -0.360. The van der Waals surface area contributed by atoms with Gasteiger partial charge in [-0.3, -0.25) is 9.69 Å². The summed E-state index contributed by atoms with van der Waals surface area (Å²) in [6.45, 7) is 8.08. The summed E-state index contributed by atoms with van der Waals surface area (Å²) in [7, 11) is 0. The van der Waals surface area contributed by atoms with Gasteiger partial charge in [0.15, 0.2) is 0 Å². The molecule has 0 atom stereocenters. The van der Waals surface area contributed by atoms with Gasteiger partial charge in [-0.15, -0.1) is 0 Å². The van der Waals surface area contributed by atoms with E-state index in [0.717, 1.165) is 32.6 Å². The third-order valence-electron chi connectivity index (χ3n) is 2.93. The van der Waals surface area contributed by atoms with Crippen LogP contribution in [0.5, 0.6) is 0 Å². The summed E-state index contributed by atoms with van der Waals surface area (Å²) < 4.78 is 0. The summed E-state index contributed by atoms with van der Waals surface area (Å²) in [5.74, 6) is 0.207. The summed E-state index contributed by atoms with van der Waals surface area (Å²) >= 11 is 0. The van der Waals surface area contributed by atoms with Crippen LogP contribution in [0.25, 0.3) is 0 Å². The van der Waals surface area contributed by atoms with Gasteiger partial charge >= 0.3 is 0 Å². The van der Waals surface area contributed by atoms with Gasteiger partial charge in [0.25, 0.3) is 0 Å². The Kier molecular flexibility index (Phi) is 5.36. The highest BCUT2D eigenvalue weighted by Gasteiger charge is 2.24. The van der Waals surface area contributed by atoms with E-state index in [1.54, 1.807) is 0 Å². The van der Waals surface area contributed by atoms with E-state index in [1.807, 2.05) is 18.7 Å². The SMILES string of the molecule is CC(C)(O)CN1CCN(C(=O)CCCN)CC1. The van der Waals surface area contributed by atoms with E-state index >= 15 is 0 Å². The normalized spacial score (nSPS) is 18.5. The van der Waals surface area contributed by atoms with E-state index in [9.17, 15) is 9.90 Å². The zero-order valence-corrected chi connectivity index (χ0v) is 11.0. The molecule has 0 saturated carbocycles. The maximum atomic E-state index is 11.8. The smallest absolute Gasteiger partial charge is 0.222 e. The minimum Gasteiger partial charge on any atom is -0.389 e. The number of aliphatic hydroxyl groups is 1. The predicted molar refractivity (Wildman–Crippen MR) is 67.6 cm³/mol. The van der Waals surface area contributed by atoms with Crippen LogP contribution in [0.15, 0.2) is 0 Å². The first-order chi connectivity index (χ1) is 7.92. The molecule has 5 heteroatoms. The van der Waals surface area contributed by atoms with Gasteiger partial charge in [-0.1, -0.05) is 0 Å². The van der Waals surface area contributed by atoms with Crippen molar-refractivity contribution < 1.29 is 9.90 Å². The van der Waals surface area contributed by atoms with Crippen molar-refractivity contribution in [2.75, 3.05) is 39.3 Å². The largest absolute Gasteiger partial charge is 0.389 e. The lowest BCUT2D eigenvalue weighted by atomic mass is 10.1. The molecule has 17 heavy (non-hydrogen) atoms. The van der Waals surface area contributed by atoms with Gasteiger partial charge in [-0.05, 0) is 26.8 Å². The summed E-state index contributed by atoms with van der Waals surface area (Å²) in [4.78, 5) is 15.9. The molecule has 0 aromatic carbocycles. The van der Waals surface area contributed by atoms with Gasteiger partial charge in [0.1, 0.15) is 0 Å². The molecule has 1 saturated heterocycles. The summed E-state index contributed by atoms with van der Waals surface area (Å²) in [6.07, 6.45) is 1.32. The van der Waals surface area contributed by atoms with Crippen LogP contribution >= 0.6 is 0 Å². The minimum absolute atomic E-state index is 0.207. The molecule has 0 unspecified atom stereocenters. The van der Waals surface area contributed by atoms with Crippen molar-refractivity contribution in [2.45, 2.75) is 32.3 Å². The van der Waals surface area contributed by atoms with Crippen molar-refractivity contribution in [1.29, 1.82) is 0 Å². The lowest BCUT2D eigenvalue weighted by Gasteiger charge is -2.37. The molecule has 5 nitrogen and oxygen atoms in total. The van der Waals surface area contributed by atoms with Crippen molar-refractivity contribution in [3.63, 3.8) is 0 Å². The highest BCUT2D eigenvalue weighted by atomic mass is 16.3. The molecule has 1 rings (SSSR count). The third-order valence-corrected chi connectivity index (χ3v) is 2.93. The second-order valence-electron chi connectivity index (χ2n) is 5.36. The zero-order valence-electron chi connectivity index (χ0n) is 11.0. The summed E-state index contributed by atoms with van der Waals surface area (Å²) in [5.41, 5.74) is 4.73. The highest BCUT2D eigenvalue weighted by Crippen LogP contribution is 2.09. The Bertz CT molecular complexity index is 243. The number of nitrogens with zero attached hydrogens (tertiary/aromatic N) is 2. The van der Waals surface area contributed by atoms with Crippen molar-refractivity contribution in [3.8, 4) is 0 Å². The van der Waals surface area contributed by atoms with Crippen LogP contribution in [-0.4, -0.2) is 65.7 Å². The Morgan fingerprint density at radius 1 is 1.29 bits per heavy atom. The number of β-amino-alcohol motifs (C(OH)–C–C–N with tert-alkyl or cyclic N) is 1. The molecule has 3 N–H and O–H groups in total. The lowest BCUT2D eigenvalue weighted by molar-refractivity contribution is -0.133. The first-order valence-corrected chi connectivity index (χ1v) is 6.35. The molecule has 0 spiro atoms. The second kappa shape index (κ2) is 6.33. The Labute approximate surface area is 104 Å². The quantitative estimate of drug-likeness (QED) is 0.692. The summed E-state index contributed by atoms with van der Waals surface area (Å²) in [5, 5.41) is 9.73. The van der Waals surface area contributed by atoms with Gasteiger partial charge in [-0.2, -0.15) is 0 Å². The molecular weight excluding hydrogens is 218 g/mol. The van der Waals surface area contributed by atoms with Gasteiger partial charge < -0.3 is 15.7 Å². The molecule has 100 valence electrons. The number of rotatable bonds is 5. The maximum absolute atomic E-state index is 11.8. The number of hydrogen-bond donors (Lipinski definition) is 2. The number of amides is 1. The number of hydrogen-bond acceptors (Lipinski definition) is 4. The number of nitrogens with two attached hydrogens (primary N) is 1. The Morgan fingerprint density at radius 3 is 2.35 bits per heavy atom. The van der Waals surface area contributed by atoms with Crippen LogP contribution < -0.4 is 5.73 Å². The van der Waals surface area contributed by atoms with Crippen LogP contribution in [0, 0.1) is 0 Å². The van der Waals surface area contributed by atoms with E-state index in [-0.39, 0.29) is 5.91 Å². The average molecular weight is 243 g/mol. The average Bonchev–Trinajstić information content (AvgIpc) is 2.24. The van der Waals surface area contributed by atoms with Crippen LogP contribution in [0.2, 0.25) is 0 Å². The van der Waals surface area contributed by atoms with E-state index in [4.69, 9.17) is 5.73 Å². The molecule has 0 aromatic heterocycles. The fraction of sp³-hybridized carbons (Fsp3) is 0.917. The molecule has 1 fully saturated rings. The van der Waals surface area contributed by atoms with Crippen LogP contribution in [0.3, 0.4) is 0 Å². The van der Waals surface area contributed by atoms with Gasteiger partial charge in [0, 0.05) is 39.1 Å². The highest BCUT2D eigenvalue weighted by molar-refractivity contribution is 5.76. The Hall–Kier alpha value is -0.650. The van der Waals surface area contributed by atoms with Crippen molar-refractivity contribution in [3.05, 3.63) is 0 Å². The molecule has 1 aliphatic rings. The molecule has 0 aliphatic carbocycles. The maximum Gasteiger partial charge on any atom is 0.222 e. The van der Waals surface area contributed by atoms with Crippen LogP contribution in [0.4, 0.5) is 0 Å². The van der Waals surface area contributed by atoms with E-state index < -0.39 is 5.60 Å². The molecule has 1 aliphatic heterocycles. The van der Waals surface area contributed by atoms with Crippen LogP contribution in [-0.2, 0) is 4.79 Å². The zero-order chi connectivity index (χ0) is 12.9. The standard InChI is InChI=1S/C12H25N3O2/c1-12(2,17)10-14-6-8-15(9-7-14)11(16)4-3-5-13/h17H,3-10,13H2,1-2H3. The first-order valence-electron chi connectivity index (χ1n) is 6.35. The van der Waals surface area contributed by atoms with E-state index in [0.29, 0.717) is 19.5 Å². The number of carbonyl (C=O) groups is 1. The van der Waals surface area contributed by atoms with E-state index in [2.05, 4.69) is 4.90 Å². The number of carbonyl (C=O) groups excluding carboxylic acids is 1. The molecule has 1 amide bonds. The molecular formula is C12H25N3O2. The van der Waals surface area contributed by atoms with Gasteiger partial charge in [0.05, 0.1) is 5.60 Å². The fourth-order valence-corrected chi connectivity index (χ4v) is 2.11. The third kappa shape index (κ3) is 5.48. The first kappa shape index (κ1) is 14.4. The Morgan fingerprint density at radius 2 is 1.88 bits per heavy atom.